The molecule has 112 valence electrons. The Balaban J connectivity index is 2.09. The zero-order valence-electron chi connectivity index (χ0n) is 12.6. The Morgan fingerprint density at radius 1 is 0.905 bits per heavy atom. The summed E-state index contributed by atoms with van der Waals surface area (Å²) in [6, 6.07) is 16.4. The van der Waals surface area contributed by atoms with Crippen LogP contribution in [0.3, 0.4) is 0 Å². The number of benzene rings is 2. The predicted molar refractivity (Wildman–Crippen MR) is 92.3 cm³/mol. The second-order valence-corrected chi connectivity index (χ2v) is 6.05. The van der Waals surface area contributed by atoms with Gasteiger partial charge < -0.3 is 10.0 Å². The first-order valence-electron chi connectivity index (χ1n) is 7.40. The van der Waals surface area contributed by atoms with E-state index in [9.17, 15) is 5.11 Å². The second kappa shape index (κ2) is 7.74. The van der Waals surface area contributed by atoms with E-state index in [4.69, 9.17) is 0 Å². The van der Waals surface area contributed by atoms with Crippen LogP contribution in [-0.4, -0.2) is 29.6 Å². The molecule has 0 bridgehead atoms. The molecule has 0 radical (unpaired) electrons. The summed E-state index contributed by atoms with van der Waals surface area (Å²) in [5.74, 6) is 0. The Hall–Kier alpha value is -1.16. The van der Waals surface area contributed by atoms with Gasteiger partial charge in [0.1, 0.15) is 0 Å². The molecule has 2 aromatic rings. The van der Waals surface area contributed by atoms with Crippen molar-refractivity contribution in [1.82, 2.24) is 4.90 Å². The van der Waals surface area contributed by atoms with E-state index in [1.807, 2.05) is 24.3 Å². The highest BCUT2D eigenvalue weighted by Crippen LogP contribution is 2.24. The highest BCUT2D eigenvalue weighted by Gasteiger charge is 2.11. The number of rotatable bonds is 6. The largest absolute Gasteiger partial charge is 0.387 e. The van der Waals surface area contributed by atoms with Gasteiger partial charge in [-0.1, -0.05) is 66.2 Å². The van der Waals surface area contributed by atoms with Gasteiger partial charge in [-0.25, -0.2) is 0 Å². The molecule has 1 N–H and O–H groups in total. The van der Waals surface area contributed by atoms with E-state index in [-0.39, 0.29) is 0 Å². The molecule has 0 aromatic heterocycles. The Labute approximate surface area is 135 Å². The molecule has 0 saturated heterocycles. The third kappa shape index (κ3) is 4.40. The van der Waals surface area contributed by atoms with E-state index in [2.05, 4.69) is 58.9 Å². The number of likely N-dealkylation sites (N-methyl/N-ethyl adjacent to an activating group) is 1. The van der Waals surface area contributed by atoms with Gasteiger partial charge >= 0.3 is 0 Å². The fraction of sp³-hybridized carbons (Fsp3) is 0.333. The minimum atomic E-state index is -0.427. The highest BCUT2D eigenvalue weighted by molar-refractivity contribution is 9.10. The van der Waals surface area contributed by atoms with Crippen LogP contribution in [0.5, 0.6) is 0 Å². The van der Waals surface area contributed by atoms with Gasteiger partial charge in [0.05, 0.1) is 6.10 Å². The van der Waals surface area contributed by atoms with Crippen LogP contribution in [0.4, 0.5) is 0 Å². The Morgan fingerprint density at radius 3 is 1.86 bits per heavy atom. The molecule has 0 amide bonds. The molecular weight excluding hydrogens is 326 g/mol. The summed E-state index contributed by atoms with van der Waals surface area (Å²) in [5, 5.41) is 10.3. The van der Waals surface area contributed by atoms with Gasteiger partial charge in [0.25, 0.3) is 0 Å². The third-order valence-corrected chi connectivity index (χ3v) is 4.33. The minimum Gasteiger partial charge on any atom is -0.387 e. The maximum Gasteiger partial charge on any atom is 0.0916 e. The van der Waals surface area contributed by atoms with Crippen LogP contribution in [-0.2, 0) is 0 Å². The van der Waals surface area contributed by atoms with Crippen molar-refractivity contribution in [2.24, 2.45) is 0 Å². The molecule has 3 heteroatoms. The first-order chi connectivity index (χ1) is 10.1. The summed E-state index contributed by atoms with van der Waals surface area (Å²) in [7, 11) is 0. The van der Waals surface area contributed by atoms with E-state index >= 15 is 0 Å². The molecule has 0 fully saturated rings. The Bertz CT molecular complexity index is 546. The van der Waals surface area contributed by atoms with E-state index < -0.39 is 6.10 Å². The van der Waals surface area contributed by atoms with E-state index in [0.29, 0.717) is 6.54 Å². The number of aliphatic hydroxyl groups excluding tert-OH is 1. The van der Waals surface area contributed by atoms with Crippen molar-refractivity contribution in [3.8, 4) is 11.1 Å². The lowest BCUT2D eigenvalue weighted by atomic mass is 10.0. The summed E-state index contributed by atoms with van der Waals surface area (Å²) >= 11 is 3.45. The maximum atomic E-state index is 10.3. The lowest BCUT2D eigenvalue weighted by Crippen LogP contribution is -2.28. The number of hydrogen-bond acceptors (Lipinski definition) is 2. The van der Waals surface area contributed by atoms with Gasteiger partial charge in [0.15, 0.2) is 0 Å². The van der Waals surface area contributed by atoms with Crippen molar-refractivity contribution in [3.63, 3.8) is 0 Å². The summed E-state index contributed by atoms with van der Waals surface area (Å²) in [6.07, 6.45) is -0.427. The SMILES string of the molecule is CCN(CC)C[C@H](O)c1ccc(-c2ccc(Br)cc2)cc1. The van der Waals surface area contributed by atoms with Crippen molar-refractivity contribution in [1.29, 1.82) is 0 Å². The monoisotopic (exact) mass is 347 g/mol. The fourth-order valence-electron chi connectivity index (χ4n) is 2.37. The molecule has 2 nitrogen and oxygen atoms in total. The zero-order chi connectivity index (χ0) is 15.2. The molecular formula is C18H22BrNO. The van der Waals surface area contributed by atoms with E-state index in [1.165, 1.54) is 11.1 Å². The van der Waals surface area contributed by atoms with Gasteiger partial charge in [-0.05, 0) is 41.9 Å². The molecule has 0 saturated carbocycles. The third-order valence-electron chi connectivity index (χ3n) is 3.80. The first kappa shape index (κ1) is 16.2. The van der Waals surface area contributed by atoms with E-state index in [1.54, 1.807) is 0 Å². The van der Waals surface area contributed by atoms with Crippen LogP contribution in [0.2, 0.25) is 0 Å². The lowest BCUT2D eigenvalue weighted by molar-refractivity contribution is 0.119. The number of halogens is 1. The Kier molecular flexibility index (Phi) is 5.97. The number of hydrogen-bond donors (Lipinski definition) is 1. The second-order valence-electron chi connectivity index (χ2n) is 5.13. The highest BCUT2D eigenvalue weighted by atomic mass is 79.9. The lowest BCUT2D eigenvalue weighted by Gasteiger charge is -2.22. The molecule has 2 aromatic carbocycles. The average Bonchev–Trinajstić information content (AvgIpc) is 2.53. The van der Waals surface area contributed by atoms with Crippen molar-refractivity contribution in [3.05, 3.63) is 58.6 Å². The molecule has 0 aliphatic heterocycles. The van der Waals surface area contributed by atoms with Crippen LogP contribution in [0.25, 0.3) is 11.1 Å². The van der Waals surface area contributed by atoms with Crippen molar-refractivity contribution < 1.29 is 5.11 Å². The van der Waals surface area contributed by atoms with Crippen LogP contribution in [0, 0.1) is 0 Å². The van der Waals surface area contributed by atoms with Gasteiger partial charge in [-0.15, -0.1) is 0 Å². The van der Waals surface area contributed by atoms with Crippen LogP contribution < -0.4 is 0 Å². The molecule has 0 heterocycles. The predicted octanol–water partition coefficient (Wildman–Crippen LogP) is 4.49. The summed E-state index contributed by atoms with van der Waals surface area (Å²) in [5.41, 5.74) is 3.33. The molecule has 1 atom stereocenters. The molecule has 0 spiro atoms. The van der Waals surface area contributed by atoms with Gasteiger partial charge in [0.2, 0.25) is 0 Å². The first-order valence-corrected chi connectivity index (χ1v) is 8.19. The smallest absolute Gasteiger partial charge is 0.0916 e. The maximum absolute atomic E-state index is 10.3. The normalized spacial score (nSPS) is 12.6. The van der Waals surface area contributed by atoms with Crippen LogP contribution in [0.1, 0.15) is 25.5 Å². The topological polar surface area (TPSA) is 23.5 Å². The molecule has 21 heavy (non-hydrogen) atoms. The standard InChI is InChI=1S/C18H22BrNO/c1-3-20(4-2)13-18(21)16-7-5-14(6-8-16)15-9-11-17(19)12-10-15/h5-12,18,21H,3-4,13H2,1-2H3/t18-/m0/s1. The van der Waals surface area contributed by atoms with E-state index in [0.717, 1.165) is 23.1 Å². The Morgan fingerprint density at radius 2 is 1.38 bits per heavy atom. The zero-order valence-corrected chi connectivity index (χ0v) is 14.2. The van der Waals surface area contributed by atoms with Crippen LogP contribution >= 0.6 is 15.9 Å². The van der Waals surface area contributed by atoms with Gasteiger partial charge in [-0.2, -0.15) is 0 Å². The summed E-state index contributed by atoms with van der Waals surface area (Å²) < 4.78 is 1.08. The van der Waals surface area contributed by atoms with Gasteiger partial charge in [0, 0.05) is 11.0 Å². The van der Waals surface area contributed by atoms with Gasteiger partial charge in [-0.3, -0.25) is 0 Å². The quantitative estimate of drug-likeness (QED) is 0.831. The minimum absolute atomic E-state index is 0.427. The van der Waals surface area contributed by atoms with Crippen molar-refractivity contribution in [2.45, 2.75) is 20.0 Å². The summed E-state index contributed by atoms with van der Waals surface area (Å²) in [6.45, 7) is 6.85. The summed E-state index contributed by atoms with van der Waals surface area (Å²) in [4.78, 5) is 2.23. The van der Waals surface area contributed by atoms with Crippen molar-refractivity contribution >= 4 is 15.9 Å². The molecule has 0 unspecified atom stereocenters. The fourth-order valence-corrected chi connectivity index (χ4v) is 2.64. The van der Waals surface area contributed by atoms with Crippen LogP contribution in [0.15, 0.2) is 53.0 Å². The number of nitrogens with zero attached hydrogens (tertiary/aromatic N) is 1. The average molecular weight is 348 g/mol. The molecule has 0 aliphatic rings. The number of aliphatic hydroxyl groups is 1. The van der Waals surface area contributed by atoms with Crippen molar-refractivity contribution in [2.75, 3.05) is 19.6 Å². The molecule has 0 aliphatic carbocycles. The molecule has 2 rings (SSSR count).